The summed E-state index contributed by atoms with van der Waals surface area (Å²) in [5.74, 6) is -3.97. The van der Waals surface area contributed by atoms with Gasteiger partial charge in [-0.15, -0.1) is 16.9 Å². The first-order valence-electron chi connectivity index (χ1n) is 10.3. The largest absolute Gasteiger partial charge is 0.394 e. The molecular formula is C22H22Cl2F3N3O4S. The molecule has 3 aromatic rings. The summed E-state index contributed by atoms with van der Waals surface area (Å²) in [6.07, 6.45) is -1.85. The lowest BCUT2D eigenvalue weighted by Crippen LogP contribution is -2.39. The number of thioether (sulfide) groups is 1. The minimum atomic E-state index is -1.59. The molecule has 0 spiro atoms. The number of benzene rings is 2. The molecule has 2 aromatic carbocycles. The highest BCUT2D eigenvalue weighted by Crippen LogP contribution is 2.29. The molecule has 0 aliphatic rings. The molecule has 3 rings (SSSR count). The van der Waals surface area contributed by atoms with Crippen molar-refractivity contribution < 1.29 is 33.2 Å². The Balaban J connectivity index is 1.75. The Labute approximate surface area is 213 Å². The third-order valence-electron chi connectivity index (χ3n) is 4.93. The molecular weight excluding hydrogens is 530 g/mol. The van der Waals surface area contributed by atoms with E-state index in [0.717, 1.165) is 17.7 Å². The zero-order chi connectivity index (χ0) is 25.7. The summed E-state index contributed by atoms with van der Waals surface area (Å²) < 4.78 is 47.3. The van der Waals surface area contributed by atoms with E-state index in [-0.39, 0.29) is 17.8 Å². The van der Waals surface area contributed by atoms with Gasteiger partial charge in [0.1, 0.15) is 23.3 Å². The van der Waals surface area contributed by atoms with Gasteiger partial charge in [-0.3, -0.25) is 0 Å². The maximum absolute atomic E-state index is 13.6. The van der Waals surface area contributed by atoms with E-state index < -0.39 is 47.8 Å². The Hall–Kier alpha value is -1.86. The fourth-order valence-corrected chi connectivity index (χ4v) is 4.42. The van der Waals surface area contributed by atoms with Crippen LogP contribution in [-0.2, 0) is 17.0 Å². The Morgan fingerprint density at radius 2 is 1.77 bits per heavy atom. The van der Waals surface area contributed by atoms with E-state index in [0.29, 0.717) is 15.8 Å². The molecule has 0 saturated carbocycles. The fourth-order valence-electron chi connectivity index (χ4n) is 3.03. The molecule has 0 aliphatic heterocycles. The van der Waals surface area contributed by atoms with E-state index >= 15 is 0 Å². The van der Waals surface area contributed by atoms with Crippen LogP contribution in [0.1, 0.15) is 12.5 Å². The predicted octanol–water partition coefficient (Wildman–Crippen LogP) is 4.05. The summed E-state index contributed by atoms with van der Waals surface area (Å²) in [5.41, 5.74) is -0.0951. The number of ether oxygens (including phenoxy) is 1. The second-order valence-corrected chi connectivity index (χ2v) is 9.57. The topological polar surface area (TPSA) is 101 Å². The van der Waals surface area contributed by atoms with Crippen molar-refractivity contribution in [3.8, 4) is 11.3 Å². The summed E-state index contributed by atoms with van der Waals surface area (Å²) >= 11 is 13.2. The van der Waals surface area contributed by atoms with Crippen molar-refractivity contribution >= 4 is 35.0 Å². The van der Waals surface area contributed by atoms with Gasteiger partial charge in [-0.2, -0.15) is 0 Å². The predicted molar refractivity (Wildman–Crippen MR) is 127 cm³/mol. The molecule has 0 saturated heterocycles. The van der Waals surface area contributed by atoms with Crippen molar-refractivity contribution in [1.29, 1.82) is 0 Å². The van der Waals surface area contributed by atoms with Gasteiger partial charge in [0.05, 0.1) is 35.5 Å². The van der Waals surface area contributed by atoms with Crippen LogP contribution in [0.5, 0.6) is 0 Å². The van der Waals surface area contributed by atoms with Gasteiger partial charge in [-0.1, -0.05) is 34.5 Å². The monoisotopic (exact) mass is 551 g/mol. The lowest BCUT2D eigenvalue weighted by atomic mass is 10.1. The Morgan fingerprint density at radius 1 is 1.09 bits per heavy atom. The van der Waals surface area contributed by atoms with Gasteiger partial charge in [0.2, 0.25) is 0 Å². The number of aliphatic hydroxyl groups excluding tert-OH is 3. The minimum absolute atomic E-state index is 0.0293. The number of hydrogen-bond acceptors (Lipinski definition) is 7. The van der Waals surface area contributed by atoms with Crippen LogP contribution in [0, 0.1) is 17.5 Å². The standard InChI is InChI=1S/C22H22Cl2F3N3O4S/c1-11(32)20(9-31)34-22(35-10-12-2-3-14(23)15(24)4-12)19(33)8-30-7-18(28-29-30)13-5-16(25)21(27)17(26)6-13/h2-7,11,19-20,22,31-33H,8-10H2,1H3/t11-,19+,20?,22?/m1/s1. The lowest BCUT2D eigenvalue weighted by Gasteiger charge is -2.28. The maximum Gasteiger partial charge on any atom is 0.194 e. The van der Waals surface area contributed by atoms with Gasteiger partial charge in [0.25, 0.3) is 0 Å². The Morgan fingerprint density at radius 3 is 2.37 bits per heavy atom. The summed E-state index contributed by atoms with van der Waals surface area (Å²) in [4.78, 5) is 0. The molecule has 3 N–H and O–H groups in total. The van der Waals surface area contributed by atoms with Crippen LogP contribution in [0.25, 0.3) is 11.3 Å². The van der Waals surface area contributed by atoms with Gasteiger partial charge in [0.15, 0.2) is 17.5 Å². The summed E-state index contributed by atoms with van der Waals surface area (Å²) in [6, 6.07) is 6.64. The smallest absolute Gasteiger partial charge is 0.194 e. The second kappa shape index (κ2) is 12.4. The molecule has 35 heavy (non-hydrogen) atoms. The molecule has 2 unspecified atom stereocenters. The third kappa shape index (κ3) is 7.32. The van der Waals surface area contributed by atoms with Gasteiger partial charge >= 0.3 is 0 Å². The molecule has 0 amide bonds. The van der Waals surface area contributed by atoms with Crippen molar-refractivity contribution in [3.05, 3.63) is 69.6 Å². The van der Waals surface area contributed by atoms with Gasteiger partial charge in [-0.05, 0) is 36.8 Å². The molecule has 0 radical (unpaired) electrons. The maximum atomic E-state index is 13.6. The van der Waals surface area contributed by atoms with E-state index in [2.05, 4.69) is 10.3 Å². The van der Waals surface area contributed by atoms with E-state index in [9.17, 15) is 28.5 Å². The summed E-state index contributed by atoms with van der Waals surface area (Å²) in [7, 11) is 0. The zero-order valence-electron chi connectivity index (χ0n) is 18.3. The zero-order valence-corrected chi connectivity index (χ0v) is 20.6. The molecule has 0 aliphatic carbocycles. The van der Waals surface area contributed by atoms with Crippen molar-refractivity contribution in [2.75, 3.05) is 6.61 Å². The van der Waals surface area contributed by atoms with E-state index in [4.69, 9.17) is 27.9 Å². The molecule has 7 nitrogen and oxygen atoms in total. The normalized spacial score (nSPS) is 15.1. The van der Waals surface area contributed by atoms with Crippen LogP contribution in [0.15, 0.2) is 36.5 Å². The number of rotatable bonds is 11. The van der Waals surface area contributed by atoms with Crippen LogP contribution in [-0.4, -0.2) is 60.7 Å². The minimum Gasteiger partial charge on any atom is -0.394 e. The van der Waals surface area contributed by atoms with Crippen molar-refractivity contribution in [3.63, 3.8) is 0 Å². The van der Waals surface area contributed by atoms with Gasteiger partial charge in [-0.25, -0.2) is 17.9 Å². The SMILES string of the molecule is C[C@@H](O)C(CO)OC(SCc1ccc(Cl)c(Cl)c1)[C@@H](O)Cn1cc(-c2cc(F)c(F)c(F)c2)nn1. The quantitative estimate of drug-likeness (QED) is 0.244. The fraction of sp³-hybridized carbons (Fsp3) is 0.364. The number of aliphatic hydroxyl groups is 3. The molecule has 0 bridgehead atoms. The molecule has 190 valence electrons. The van der Waals surface area contributed by atoms with Crippen LogP contribution in [0.3, 0.4) is 0 Å². The van der Waals surface area contributed by atoms with Crippen molar-refractivity contribution in [1.82, 2.24) is 15.0 Å². The van der Waals surface area contributed by atoms with Crippen LogP contribution >= 0.6 is 35.0 Å². The number of aromatic nitrogens is 3. The summed E-state index contributed by atoms with van der Waals surface area (Å²) in [5, 5.41) is 38.7. The number of halogens is 5. The van der Waals surface area contributed by atoms with Gasteiger partial charge < -0.3 is 20.1 Å². The molecule has 1 heterocycles. The van der Waals surface area contributed by atoms with Gasteiger partial charge in [0, 0.05) is 11.3 Å². The number of nitrogens with zero attached hydrogens (tertiary/aromatic N) is 3. The highest BCUT2D eigenvalue weighted by Gasteiger charge is 2.27. The van der Waals surface area contributed by atoms with Crippen LogP contribution < -0.4 is 0 Å². The molecule has 1 aromatic heterocycles. The lowest BCUT2D eigenvalue weighted by molar-refractivity contribution is -0.0972. The van der Waals surface area contributed by atoms with E-state index in [1.165, 1.54) is 29.6 Å². The second-order valence-electron chi connectivity index (χ2n) is 7.67. The highest BCUT2D eigenvalue weighted by atomic mass is 35.5. The first kappa shape index (κ1) is 27.7. The highest BCUT2D eigenvalue weighted by molar-refractivity contribution is 7.99. The van der Waals surface area contributed by atoms with E-state index in [1.54, 1.807) is 18.2 Å². The first-order chi connectivity index (χ1) is 16.6. The Bertz CT molecular complexity index is 1130. The van der Waals surface area contributed by atoms with Crippen LogP contribution in [0.4, 0.5) is 13.2 Å². The van der Waals surface area contributed by atoms with E-state index in [1.807, 2.05) is 0 Å². The average Bonchev–Trinajstić information content (AvgIpc) is 3.27. The molecule has 13 heteroatoms. The molecule has 4 atom stereocenters. The molecule has 0 fully saturated rings. The first-order valence-corrected chi connectivity index (χ1v) is 12.1. The van der Waals surface area contributed by atoms with Crippen molar-refractivity contribution in [2.45, 2.75) is 43.0 Å². The Kier molecular flexibility index (Phi) is 9.82. The number of hydrogen-bond donors (Lipinski definition) is 3. The summed E-state index contributed by atoms with van der Waals surface area (Å²) in [6.45, 7) is 0.818. The van der Waals surface area contributed by atoms with Crippen molar-refractivity contribution in [2.24, 2.45) is 0 Å². The third-order valence-corrected chi connectivity index (χ3v) is 6.92. The van der Waals surface area contributed by atoms with Crippen LogP contribution in [0.2, 0.25) is 10.0 Å². The average molecular weight is 552 g/mol.